The highest BCUT2D eigenvalue weighted by molar-refractivity contribution is 5.45. The van der Waals surface area contributed by atoms with Crippen LogP contribution in [-0.2, 0) is 12.7 Å². The Balaban J connectivity index is 3.24. The van der Waals surface area contributed by atoms with Crippen LogP contribution in [0.5, 0.6) is 0 Å². The first-order chi connectivity index (χ1) is 5.95. The molecule has 1 aromatic carbocycles. The van der Waals surface area contributed by atoms with Gasteiger partial charge in [0, 0.05) is 12.2 Å². The van der Waals surface area contributed by atoms with Crippen molar-refractivity contribution in [3.63, 3.8) is 0 Å². The summed E-state index contributed by atoms with van der Waals surface area (Å²) >= 11 is 0. The largest absolute Gasteiger partial charge is 0.416 e. The molecule has 0 unspecified atom stereocenters. The number of nitrogens with two attached hydrogens (primary N) is 2. The average molecular weight is 190 g/mol. The number of alkyl halides is 3. The fourth-order valence-corrected chi connectivity index (χ4v) is 1.04. The van der Waals surface area contributed by atoms with Gasteiger partial charge in [-0.1, -0.05) is 6.07 Å². The van der Waals surface area contributed by atoms with Crippen LogP contribution in [0.3, 0.4) is 0 Å². The molecular weight excluding hydrogens is 181 g/mol. The van der Waals surface area contributed by atoms with E-state index in [0.717, 1.165) is 6.07 Å². The SMILES string of the molecule is NCc1ccc(N)cc1C(F)(F)F. The summed E-state index contributed by atoms with van der Waals surface area (Å²) in [5.41, 5.74) is 9.78. The maximum atomic E-state index is 12.3. The molecule has 1 rings (SSSR count). The predicted molar refractivity (Wildman–Crippen MR) is 43.7 cm³/mol. The number of hydrogen-bond donors (Lipinski definition) is 2. The van der Waals surface area contributed by atoms with Crippen LogP contribution in [0.2, 0.25) is 0 Å². The smallest absolute Gasteiger partial charge is 0.399 e. The Kier molecular flexibility index (Phi) is 2.47. The summed E-state index contributed by atoms with van der Waals surface area (Å²) in [5.74, 6) is 0. The number of hydrogen-bond acceptors (Lipinski definition) is 2. The summed E-state index contributed by atoms with van der Waals surface area (Å²) in [4.78, 5) is 0. The van der Waals surface area contributed by atoms with Crippen molar-refractivity contribution in [1.29, 1.82) is 0 Å². The molecule has 0 amide bonds. The Morgan fingerprint density at radius 1 is 1.23 bits per heavy atom. The number of anilines is 1. The zero-order valence-electron chi connectivity index (χ0n) is 6.73. The zero-order valence-corrected chi connectivity index (χ0v) is 6.73. The number of nitrogen functional groups attached to an aromatic ring is 1. The van der Waals surface area contributed by atoms with Gasteiger partial charge in [-0.3, -0.25) is 0 Å². The summed E-state index contributed by atoms with van der Waals surface area (Å²) in [6.45, 7) is -0.144. The molecule has 4 N–H and O–H groups in total. The van der Waals surface area contributed by atoms with Gasteiger partial charge in [-0.25, -0.2) is 0 Å². The van der Waals surface area contributed by atoms with Crippen molar-refractivity contribution in [2.45, 2.75) is 12.7 Å². The van der Waals surface area contributed by atoms with E-state index in [1.165, 1.54) is 12.1 Å². The van der Waals surface area contributed by atoms with Gasteiger partial charge in [-0.05, 0) is 17.7 Å². The molecule has 0 aliphatic rings. The lowest BCUT2D eigenvalue weighted by Crippen LogP contribution is -2.12. The summed E-state index contributed by atoms with van der Waals surface area (Å²) < 4.78 is 36.9. The molecule has 0 saturated carbocycles. The first-order valence-corrected chi connectivity index (χ1v) is 3.61. The monoisotopic (exact) mass is 190 g/mol. The van der Waals surface area contributed by atoms with Crippen molar-refractivity contribution in [2.24, 2.45) is 5.73 Å². The van der Waals surface area contributed by atoms with E-state index in [1.54, 1.807) is 0 Å². The van der Waals surface area contributed by atoms with E-state index in [2.05, 4.69) is 0 Å². The number of benzene rings is 1. The maximum absolute atomic E-state index is 12.3. The van der Waals surface area contributed by atoms with Crippen LogP contribution >= 0.6 is 0 Å². The van der Waals surface area contributed by atoms with Gasteiger partial charge in [-0.15, -0.1) is 0 Å². The van der Waals surface area contributed by atoms with E-state index in [0.29, 0.717) is 0 Å². The minimum absolute atomic E-state index is 0.0571. The Morgan fingerprint density at radius 2 is 1.85 bits per heavy atom. The topological polar surface area (TPSA) is 52.0 Å². The third-order valence-corrected chi connectivity index (χ3v) is 1.66. The molecule has 0 fully saturated rings. The molecule has 13 heavy (non-hydrogen) atoms. The molecular formula is C8H9F3N2. The normalized spacial score (nSPS) is 11.7. The first kappa shape index (κ1) is 9.85. The first-order valence-electron chi connectivity index (χ1n) is 3.61. The summed E-state index contributed by atoms with van der Waals surface area (Å²) in [6.07, 6.45) is -4.38. The molecule has 0 bridgehead atoms. The third-order valence-electron chi connectivity index (χ3n) is 1.66. The molecule has 0 atom stereocenters. The molecule has 0 aliphatic heterocycles. The van der Waals surface area contributed by atoms with E-state index < -0.39 is 11.7 Å². The summed E-state index contributed by atoms with van der Waals surface area (Å²) in [5, 5.41) is 0. The van der Waals surface area contributed by atoms with Crippen LogP contribution in [0, 0.1) is 0 Å². The highest BCUT2D eigenvalue weighted by atomic mass is 19.4. The molecule has 0 saturated heterocycles. The number of rotatable bonds is 1. The fourth-order valence-electron chi connectivity index (χ4n) is 1.04. The molecule has 0 heterocycles. The van der Waals surface area contributed by atoms with Crippen molar-refractivity contribution in [2.75, 3.05) is 5.73 Å². The lowest BCUT2D eigenvalue weighted by molar-refractivity contribution is -0.138. The van der Waals surface area contributed by atoms with Gasteiger partial charge in [-0.2, -0.15) is 13.2 Å². The van der Waals surface area contributed by atoms with Crippen molar-refractivity contribution >= 4 is 5.69 Å². The van der Waals surface area contributed by atoms with Gasteiger partial charge < -0.3 is 11.5 Å². The van der Waals surface area contributed by atoms with Crippen molar-refractivity contribution in [3.8, 4) is 0 Å². The average Bonchev–Trinajstić information content (AvgIpc) is 2.03. The predicted octanol–water partition coefficient (Wildman–Crippen LogP) is 1.75. The van der Waals surface area contributed by atoms with Crippen LogP contribution in [-0.4, -0.2) is 0 Å². The quantitative estimate of drug-likeness (QED) is 0.663. The molecule has 0 aromatic heterocycles. The van der Waals surface area contributed by atoms with Crippen LogP contribution in [0.4, 0.5) is 18.9 Å². The third kappa shape index (κ3) is 2.12. The van der Waals surface area contributed by atoms with E-state index >= 15 is 0 Å². The van der Waals surface area contributed by atoms with Gasteiger partial charge in [0.2, 0.25) is 0 Å². The van der Waals surface area contributed by atoms with Crippen molar-refractivity contribution in [3.05, 3.63) is 29.3 Å². The van der Waals surface area contributed by atoms with Crippen LogP contribution in [0.1, 0.15) is 11.1 Å². The van der Waals surface area contributed by atoms with E-state index in [1.807, 2.05) is 0 Å². The molecule has 1 aromatic rings. The summed E-state index contributed by atoms with van der Waals surface area (Å²) in [7, 11) is 0. The molecule has 72 valence electrons. The minimum atomic E-state index is -4.38. The Labute approximate surface area is 73.3 Å². The zero-order chi connectivity index (χ0) is 10.1. The van der Waals surface area contributed by atoms with Gasteiger partial charge in [0.25, 0.3) is 0 Å². The molecule has 5 heteroatoms. The minimum Gasteiger partial charge on any atom is -0.399 e. The van der Waals surface area contributed by atoms with Gasteiger partial charge in [0.05, 0.1) is 5.56 Å². The second-order valence-corrected chi connectivity index (χ2v) is 2.62. The van der Waals surface area contributed by atoms with Gasteiger partial charge in [0.1, 0.15) is 0 Å². The highest BCUT2D eigenvalue weighted by Gasteiger charge is 2.32. The Hall–Kier alpha value is -1.23. The van der Waals surface area contributed by atoms with Crippen LogP contribution in [0.25, 0.3) is 0 Å². The van der Waals surface area contributed by atoms with Crippen LogP contribution < -0.4 is 11.5 Å². The summed E-state index contributed by atoms with van der Waals surface area (Å²) in [6, 6.07) is 3.58. The Morgan fingerprint density at radius 3 is 2.31 bits per heavy atom. The van der Waals surface area contributed by atoms with Crippen molar-refractivity contribution < 1.29 is 13.2 Å². The second-order valence-electron chi connectivity index (χ2n) is 2.62. The van der Waals surface area contributed by atoms with Crippen molar-refractivity contribution in [1.82, 2.24) is 0 Å². The van der Waals surface area contributed by atoms with Gasteiger partial charge in [0.15, 0.2) is 0 Å². The standard InChI is InChI=1S/C8H9F3N2/c9-8(10,11)7-3-6(13)2-1-5(7)4-12/h1-3H,4,12-13H2. The fraction of sp³-hybridized carbons (Fsp3) is 0.250. The number of halogens is 3. The lowest BCUT2D eigenvalue weighted by Gasteiger charge is -2.11. The van der Waals surface area contributed by atoms with Crippen LogP contribution in [0.15, 0.2) is 18.2 Å². The van der Waals surface area contributed by atoms with E-state index in [4.69, 9.17) is 11.5 Å². The highest BCUT2D eigenvalue weighted by Crippen LogP contribution is 2.32. The molecule has 2 nitrogen and oxygen atoms in total. The van der Waals surface area contributed by atoms with E-state index in [-0.39, 0.29) is 17.8 Å². The molecule has 0 spiro atoms. The van der Waals surface area contributed by atoms with Gasteiger partial charge >= 0.3 is 6.18 Å². The second kappa shape index (κ2) is 3.26. The maximum Gasteiger partial charge on any atom is 0.416 e. The molecule has 0 radical (unpaired) electrons. The lowest BCUT2D eigenvalue weighted by atomic mass is 10.1. The Bertz CT molecular complexity index is 307. The van der Waals surface area contributed by atoms with E-state index in [9.17, 15) is 13.2 Å². The molecule has 0 aliphatic carbocycles.